The number of benzene rings is 5. The number of rotatable bonds is 13. The Labute approximate surface area is 285 Å². The number of esters is 1. The van der Waals surface area contributed by atoms with Gasteiger partial charge in [0, 0.05) is 17.3 Å². The van der Waals surface area contributed by atoms with Crippen LogP contribution in [0.25, 0.3) is 0 Å². The zero-order valence-electron chi connectivity index (χ0n) is 26.4. The maximum Gasteiger partial charge on any atom is 0.333 e. The predicted molar refractivity (Wildman–Crippen MR) is 183 cm³/mol. The molecule has 0 aliphatic carbocycles. The summed E-state index contributed by atoms with van der Waals surface area (Å²) in [5, 5.41) is 12.3. The van der Waals surface area contributed by atoms with Gasteiger partial charge in [0.15, 0.2) is 17.5 Å². The third-order valence-corrected chi connectivity index (χ3v) is 11.5. The number of sulfonamides is 2. The highest BCUT2D eigenvalue weighted by Gasteiger charge is 2.41. The lowest BCUT2D eigenvalue weighted by molar-refractivity contribution is -0.141. The summed E-state index contributed by atoms with van der Waals surface area (Å²) in [4.78, 5) is 12.9. The average molecular weight is 698 g/mol. The van der Waals surface area contributed by atoms with Crippen molar-refractivity contribution in [2.24, 2.45) is 0 Å². The highest BCUT2D eigenvalue weighted by Crippen LogP contribution is 2.43. The summed E-state index contributed by atoms with van der Waals surface area (Å²) in [5.41, 5.74) is 0.937. The molecular formula is C36H31N3O8S2. The molecule has 1 unspecified atom stereocenters. The van der Waals surface area contributed by atoms with Gasteiger partial charge in [0.1, 0.15) is 6.61 Å². The first-order chi connectivity index (χ1) is 23.6. The van der Waals surface area contributed by atoms with Gasteiger partial charge in [-0.3, -0.25) is 0 Å². The highest BCUT2D eigenvalue weighted by atomic mass is 32.3. The fourth-order valence-corrected chi connectivity index (χ4v) is 8.68. The molecule has 0 heterocycles. The van der Waals surface area contributed by atoms with Crippen LogP contribution in [-0.2, 0) is 36.2 Å². The van der Waals surface area contributed by atoms with Crippen LogP contribution in [0.4, 0.5) is 11.4 Å². The molecule has 0 aliphatic rings. The summed E-state index contributed by atoms with van der Waals surface area (Å²) in [6.45, 7) is 0.0246. The van der Waals surface area contributed by atoms with Crippen molar-refractivity contribution in [3.8, 4) is 17.6 Å². The Morgan fingerprint density at radius 1 is 0.755 bits per heavy atom. The van der Waals surface area contributed by atoms with Gasteiger partial charge < -0.3 is 19.5 Å². The van der Waals surface area contributed by atoms with Crippen molar-refractivity contribution in [1.29, 1.82) is 5.26 Å². The maximum atomic E-state index is 14.5. The van der Waals surface area contributed by atoms with Crippen LogP contribution in [0.5, 0.6) is 11.5 Å². The molecule has 0 fully saturated rings. The smallest absolute Gasteiger partial charge is 0.333 e. The van der Waals surface area contributed by atoms with Gasteiger partial charge >= 0.3 is 5.97 Å². The van der Waals surface area contributed by atoms with Crippen molar-refractivity contribution in [3.05, 3.63) is 144 Å². The third-order valence-electron chi connectivity index (χ3n) is 7.34. The van der Waals surface area contributed by atoms with Crippen molar-refractivity contribution in [2.75, 3.05) is 23.2 Å². The number of carbonyl (C=O) groups excluding carboxylic acids is 1. The first-order valence-corrected chi connectivity index (χ1v) is 17.6. The van der Waals surface area contributed by atoms with E-state index in [0.29, 0.717) is 15.0 Å². The minimum atomic E-state index is -4.90. The number of nitrogens with one attached hydrogen (secondary N) is 1. The van der Waals surface area contributed by atoms with Crippen LogP contribution in [0, 0.1) is 11.3 Å². The van der Waals surface area contributed by atoms with E-state index in [1.807, 2.05) is 36.4 Å². The average Bonchev–Trinajstić information content (AvgIpc) is 3.14. The summed E-state index contributed by atoms with van der Waals surface area (Å²) in [6.07, 6.45) is 0. The van der Waals surface area contributed by atoms with Gasteiger partial charge in [-0.15, -0.1) is 0 Å². The Morgan fingerprint density at radius 3 is 1.78 bits per heavy atom. The van der Waals surface area contributed by atoms with E-state index < -0.39 is 37.7 Å². The molecule has 0 bridgehead atoms. The quantitative estimate of drug-likeness (QED) is 0.144. The van der Waals surface area contributed by atoms with E-state index in [4.69, 9.17) is 14.2 Å². The molecule has 13 heteroatoms. The number of hydrogen-bond donors (Lipinski definition) is 1. The summed E-state index contributed by atoms with van der Waals surface area (Å²) >= 11 is 0. The minimum Gasteiger partial charge on any atom is -0.493 e. The van der Waals surface area contributed by atoms with Crippen LogP contribution < -0.4 is 18.5 Å². The van der Waals surface area contributed by atoms with Crippen LogP contribution in [-0.4, -0.2) is 37.0 Å². The first kappa shape index (κ1) is 34.5. The molecule has 0 radical (unpaired) electrons. The monoisotopic (exact) mass is 697 g/mol. The van der Waals surface area contributed by atoms with Crippen molar-refractivity contribution >= 4 is 37.4 Å². The molecule has 0 saturated carbocycles. The Hall–Kier alpha value is -5.84. The first-order valence-electron chi connectivity index (χ1n) is 14.7. The Bertz CT molecular complexity index is 2110. The summed E-state index contributed by atoms with van der Waals surface area (Å²) in [7, 11) is -7.30. The topological polar surface area (TPSA) is 152 Å². The molecule has 5 aromatic rings. The molecule has 250 valence electrons. The second kappa shape index (κ2) is 14.9. The third kappa shape index (κ3) is 7.51. The van der Waals surface area contributed by atoms with Crippen LogP contribution in [0.1, 0.15) is 22.7 Å². The van der Waals surface area contributed by atoms with Gasteiger partial charge in [-0.05, 0) is 60.2 Å². The summed E-state index contributed by atoms with van der Waals surface area (Å²) < 4.78 is 75.3. The largest absolute Gasteiger partial charge is 0.493 e. The van der Waals surface area contributed by atoms with Gasteiger partial charge in [0.05, 0.1) is 41.3 Å². The minimum absolute atomic E-state index is 0.00335. The molecule has 1 N–H and O–H groups in total. The second-order valence-electron chi connectivity index (χ2n) is 10.5. The van der Waals surface area contributed by atoms with E-state index in [9.17, 15) is 26.9 Å². The highest BCUT2D eigenvalue weighted by molar-refractivity contribution is 8.10. The summed E-state index contributed by atoms with van der Waals surface area (Å²) in [5.74, 6) is -0.789. The number of methoxy groups -OCH3 is 2. The number of nitrogens with zero attached hydrogens (tertiary/aromatic N) is 2. The molecule has 0 saturated heterocycles. The normalized spacial score (nSPS) is 11.9. The van der Waals surface area contributed by atoms with E-state index in [2.05, 4.69) is 5.32 Å². The zero-order chi connectivity index (χ0) is 35.0. The SMILES string of the molecule is COC(=O)C(Nc1ccc(C#N)cc1)c1cc(OC)c(OCc2ccccc2)cc1N(S(=O)(=O)c1ccccc1)S(=O)(=O)c1ccccc1. The van der Waals surface area contributed by atoms with Crippen molar-refractivity contribution in [2.45, 2.75) is 22.4 Å². The van der Waals surface area contributed by atoms with Crippen LogP contribution in [0.2, 0.25) is 0 Å². The van der Waals surface area contributed by atoms with Crippen molar-refractivity contribution in [1.82, 2.24) is 0 Å². The lowest BCUT2D eigenvalue weighted by atomic mass is 10.0. The lowest BCUT2D eigenvalue weighted by Gasteiger charge is -2.29. The van der Waals surface area contributed by atoms with Crippen LogP contribution in [0.3, 0.4) is 0 Å². The Morgan fingerprint density at radius 2 is 1.29 bits per heavy atom. The number of ether oxygens (including phenoxy) is 3. The Kier molecular flexibility index (Phi) is 10.5. The molecule has 0 aliphatic heterocycles. The summed E-state index contributed by atoms with van der Waals surface area (Å²) in [6, 6.07) is 32.5. The maximum absolute atomic E-state index is 14.5. The van der Waals surface area contributed by atoms with Crippen molar-refractivity contribution in [3.63, 3.8) is 0 Å². The molecule has 1 atom stereocenters. The molecule has 49 heavy (non-hydrogen) atoms. The molecule has 0 spiro atoms. The van der Waals surface area contributed by atoms with Crippen molar-refractivity contribution < 1.29 is 35.8 Å². The predicted octanol–water partition coefficient (Wildman–Crippen LogP) is 6.06. The number of nitriles is 1. The van der Waals surface area contributed by atoms with Gasteiger partial charge in [-0.2, -0.15) is 8.97 Å². The van der Waals surface area contributed by atoms with E-state index in [-0.39, 0.29) is 33.5 Å². The molecule has 0 aromatic heterocycles. The van der Waals surface area contributed by atoms with E-state index in [1.54, 1.807) is 24.3 Å². The van der Waals surface area contributed by atoms with Gasteiger partial charge in [-0.1, -0.05) is 66.7 Å². The lowest BCUT2D eigenvalue weighted by Crippen LogP contribution is -2.38. The molecule has 11 nitrogen and oxygen atoms in total. The number of anilines is 2. The molecule has 0 amide bonds. The fourth-order valence-electron chi connectivity index (χ4n) is 4.92. The molecular weight excluding hydrogens is 667 g/mol. The van der Waals surface area contributed by atoms with Gasteiger partial charge in [0.2, 0.25) is 0 Å². The Balaban J connectivity index is 1.81. The molecule has 5 rings (SSSR count). The molecule has 5 aromatic carbocycles. The van der Waals surface area contributed by atoms with Crippen LogP contribution in [0.15, 0.2) is 137 Å². The van der Waals surface area contributed by atoms with E-state index >= 15 is 0 Å². The standard InChI is InChI=1S/C36H31N3O8S2/c1-45-33-22-31(35(36(40)46-2)38-28-20-18-26(24-37)19-21-28)32(23-34(33)47-25-27-12-6-3-7-13-27)39(48(41,42)29-14-8-4-9-15-29)49(43,44)30-16-10-5-11-17-30/h3-23,35,38H,25H2,1-2H3. The number of carbonyl (C=O) groups is 1. The zero-order valence-corrected chi connectivity index (χ0v) is 28.0. The van der Waals surface area contributed by atoms with Gasteiger partial charge in [-0.25, -0.2) is 21.6 Å². The van der Waals surface area contributed by atoms with Crippen LogP contribution >= 0.6 is 0 Å². The van der Waals surface area contributed by atoms with Gasteiger partial charge in [0.25, 0.3) is 20.0 Å². The number of hydrogen-bond acceptors (Lipinski definition) is 10. The van der Waals surface area contributed by atoms with E-state index in [1.165, 1.54) is 79.9 Å². The second-order valence-corrected chi connectivity index (χ2v) is 14.3. The van der Waals surface area contributed by atoms with E-state index in [0.717, 1.165) is 12.7 Å². The fraction of sp³-hybridized carbons (Fsp3) is 0.111.